The van der Waals surface area contributed by atoms with Crippen LogP contribution in [0.2, 0.25) is 0 Å². The van der Waals surface area contributed by atoms with Gasteiger partial charge in [-0.2, -0.15) is 5.10 Å². The molecule has 0 aliphatic heterocycles. The van der Waals surface area contributed by atoms with Crippen molar-refractivity contribution in [3.05, 3.63) is 53.9 Å². The molecule has 0 radical (unpaired) electrons. The number of fused-ring (bicyclic) bond motifs is 1. The normalized spacial score (nSPS) is 15.4. The summed E-state index contributed by atoms with van der Waals surface area (Å²) in [5.74, 6) is 0.520. The van der Waals surface area contributed by atoms with Crippen LogP contribution in [-0.4, -0.2) is 26.5 Å². The second-order valence-corrected chi connectivity index (χ2v) is 6.54. The number of nitrogens with zero attached hydrogens (tertiary/aromatic N) is 3. The molecule has 5 nitrogen and oxygen atoms in total. The molecule has 1 unspecified atom stereocenters. The van der Waals surface area contributed by atoms with E-state index in [1.807, 2.05) is 43.3 Å². The summed E-state index contributed by atoms with van der Waals surface area (Å²) in [4.78, 5) is 17.3. The Morgan fingerprint density at radius 3 is 2.75 bits per heavy atom. The van der Waals surface area contributed by atoms with Gasteiger partial charge in [0, 0.05) is 17.3 Å². The van der Waals surface area contributed by atoms with Gasteiger partial charge >= 0.3 is 0 Å². The molecule has 1 saturated carbocycles. The molecule has 3 aromatic rings. The fourth-order valence-electron chi connectivity index (χ4n) is 3.03. The molecule has 0 spiro atoms. The summed E-state index contributed by atoms with van der Waals surface area (Å²) >= 11 is 0. The van der Waals surface area contributed by atoms with E-state index in [9.17, 15) is 4.79 Å². The molecule has 1 atom stereocenters. The highest BCUT2D eigenvalue weighted by Crippen LogP contribution is 2.32. The van der Waals surface area contributed by atoms with Gasteiger partial charge in [-0.25, -0.2) is 9.50 Å². The summed E-state index contributed by atoms with van der Waals surface area (Å²) in [6, 6.07) is 12.2. The first-order valence-electron chi connectivity index (χ1n) is 8.35. The van der Waals surface area contributed by atoms with Crippen molar-refractivity contribution in [1.29, 1.82) is 0 Å². The molecule has 1 aromatic carbocycles. The van der Waals surface area contributed by atoms with Gasteiger partial charge in [0.25, 0.3) is 5.91 Å². The molecular formula is C19H20N4O. The van der Waals surface area contributed by atoms with Crippen LogP contribution >= 0.6 is 0 Å². The Morgan fingerprint density at radius 1 is 1.29 bits per heavy atom. The predicted molar refractivity (Wildman–Crippen MR) is 92.8 cm³/mol. The van der Waals surface area contributed by atoms with E-state index in [4.69, 9.17) is 4.98 Å². The summed E-state index contributed by atoms with van der Waals surface area (Å²) in [5, 5.41) is 7.42. The van der Waals surface area contributed by atoms with E-state index in [1.165, 1.54) is 12.8 Å². The second kappa shape index (κ2) is 5.74. The standard InChI is InChI=1S/C19H20N4O/c1-12-10-17(15-6-4-3-5-7-15)22-18-16(11-20-23(12)18)19(24)21-13(2)14-8-9-14/h3-7,10-11,13-14H,8-9H2,1-2H3,(H,21,24). The zero-order valence-corrected chi connectivity index (χ0v) is 13.9. The lowest BCUT2D eigenvalue weighted by atomic mass is 10.1. The molecule has 1 N–H and O–H groups in total. The summed E-state index contributed by atoms with van der Waals surface area (Å²) in [6.45, 7) is 4.04. The number of amides is 1. The topological polar surface area (TPSA) is 59.3 Å². The van der Waals surface area contributed by atoms with Crippen LogP contribution in [0.4, 0.5) is 0 Å². The third kappa shape index (κ3) is 2.66. The Kier molecular flexibility index (Phi) is 3.56. The number of aryl methyl sites for hydroxylation is 1. The predicted octanol–water partition coefficient (Wildman–Crippen LogP) is 3.23. The van der Waals surface area contributed by atoms with E-state index in [1.54, 1.807) is 10.7 Å². The Bertz CT molecular complexity index is 896. The first-order valence-corrected chi connectivity index (χ1v) is 8.35. The number of carbonyl (C=O) groups is 1. The first kappa shape index (κ1) is 14.9. The minimum absolute atomic E-state index is 0.0958. The van der Waals surface area contributed by atoms with Gasteiger partial charge in [-0.05, 0) is 38.7 Å². The van der Waals surface area contributed by atoms with Crippen molar-refractivity contribution in [3.8, 4) is 11.3 Å². The highest BCUT2D eigenvalue weighted by Gasteiger charge is 2.29. The van der Waals surface area contributed by atoms with Crippen molar-refractivity contribution < 1.29 is 4.79 Å². The summed E-state index contributed by atoms with van der Waals surface area (Å²) in [5.41, 5.74) is 3.97. The Labute approximate surface area is 140 Å². The lowest BCUT2D eigenvalue weighted by Gasteiger charge is -2.12. The third-order valence-electron chi connectivity index (χ3n) is 4.65. The highest BCUT2D eigenvalue weighted by atomic mass is 16.1. The number of hydrogen-bond donors (Lipinski definition) is 1. The monoisotopic (exact) mass is 320 g/mol. The highest BCUT2D eigenvalue weighted by molar-refractivity contribution is 6.00. The zero-order chi connectivity index (χ0) is 16.7. The fourth-order valence-corrected chi connectivity index (χ4v) is 3.03. The van der Waals surface area contributed by atoms with Gasteiger partial charge < -0.3 is 5.32 Å². The Hall–Kier alpha value is -2.69. The molecule has 1 aliphatic carbocycles. The maximum absolute atomic E-state index is 12.6. The molecule has 5 heteroatoms. The molecule has 122 valence electrons. The van der Waals surface area contributed by atoms with Crippen molar-refractivity contribution in [1.82, 2.24) is 19.9 Å². The van der Waals surface area contributed by atoms with Crippen LogP contribution in [0, 0.1) is 12.8 Å². The van der Waals surface area contributed by atoms with Gasteiger partial charge in [0.2, 0.25) is 0 Å². The average molecular weight is 320 g/mol. The molecule has 2 heterocycles. The molecule has 1 aliphatic rings. The smallest absolute Gasteiger partial charge is 0.256 e. The van der Waals surface area contributed by atoms with Crippen molar-refractivity contribution >= 4 is 11.6 Å². The third-order valence-corrected chi connectivity index (χ3v) is 4.65. The SMILES string of the molecule is Cc1cc(-c2ccccc2)nc2c(C(=O)NC(C)C3CC3)cnn12. The van der Waals surface area contributed by atoms with Crippen LogP contribution in [0.15, 0.2) is 42.6 Å². The molecule has 0 saturated heterocycles. The second-order valence-electron chi connectivity index (χ2n) is 6.54. The Balaban J connectivity index is 1.74. The number of nitrogens with one attached hydrogen (secondary N) is 1. The number of benzene rings is 1. The molecule has 4 rings (SSSR count). The van der Waals surface area contributed by atoms with Crippen molar-refractivity contribution in [3.63, 3.8) is 0 Å². The molecular weight excluding hydrogens is 300 g/mol. The number of carbonyl (C=O) groups excluding carboxylic acids is 1. The largest absolute Gasteiger partial charge is 0.349 e. The van der Waals surface area contributed by atoms with Crippen LogP contribution in [0.5, 0.6) is 0 Å². The van der Waals surface area contributed by atoms with E-state index in [0.717, 1.165) is 17.0 Å². The minimum Gasteiger partial charge on any atom is -0.349 e. The number of hydrogen-bond acceptors (Lipinski definition) is 3. The lowest BCUT2D eigenvalue weighted by Crippen LogP contribution is -2.34. The molecule has 0 bridgehead atoms. The van der Waals surface area contributed by atoms with Crippen LogP contribution < -0.4 is 5.32 Å². The van der Waals surface area contributed by atoms with Crippen LogP contribution in [0.3, 0.4) is 0 Å². The van der Waals surface area contributed by atoms with Gasteiger partial charge in [0.05, 0.1) is 11.9 Å². The van der Waals surface area contributed by atoms with Crippen LogP contribution in [-0.2, 0) is 0 Å². The quantitative estimate of drug-likeness (QED) is 0.803. The zero-order valence-electron chi connectivity index (χ0n) is 13.9. The van der Waals surface area contributed by atoms with Gasteiger partial charge in [-0.1, -0.05) is 30.3 Å². The van der Waals surface area contributed by atoms with E-state index < -0.39 is 0 Å². The van der Waals surface area contributed by atoms with E-state index >= 15 is 0 Å². The van der Waals surface area contributed by atoms with E-state index in [0.29, 0.717) is 17.1 Å². The minimum atomic E-state index is -0.0958. The van der Waals surface area contributed by atoms with Crippen molar-refractivity contribution in [2.75, 3.05) is 0 Å². The fraction of sp³-hybridized carbons (Fsp3) is 0.316. The maximum Gasteiger partial charge on any atom is 0.256 e. The van der Waals surface area contributed by atoms with Crippen molar-refractivity contribution in [2.24, 2.45) is 5.92 Å². The average Bonchev–Trinajstić information content (AvgIpc) is 3.35. The lowest BCUT2D eigenvalue weighted by molar-refractivity contribution is 0.0937. The van der Waals surface area contributed by atoms with E-state index in [2.05, 4.69) is 17.3 Å². The molecule has 1 amide bonds. The number of rotatable bonds is 4. The summed E-state index contributed by atoms with van der Waals surface area (Å²) in [7, 11) is 0. The van der Waals surface area contributed by atoms with E-state index in [-0.39, 0.29) is 11.9 Å². The maximum atomic E-state index is 12.6. The summed E-state index contributed by atoms with van der Waals surface area (Å²) in [6.07, 6.45) is 4.01. The van der Waals surface area contributed by atoms with Crippen LogP contribution in [0.1, 0.15) is 35.8 Å². The Morgan fingerprint density at radius 2 is 2.04 bits per heavy atom. The van der Waals surface area contributed by atoms with Crippen molar-refractivity contribution in [2.45, 2.75) is 32.7 Å². The molecule has 1 fully saturated rings. The first-order chi connectivity index (χ1) is 11.6. The van der Waals surface area contributed by atoms with Gasteiger partial charge in [0.1, 0.15) is 5.56 Å². The summed E-state index contributed by atoms with van der Waals surface area (Å²) < 4.78 is 1.73. The number of aromatic nitrogens is 3. The van der Waals surface area contributed by atoms with Crippen LogP contribution in [0.25, 0.3) is 16.9 Å². The molecule has 2 aromatic heterocycles. The van der Waals surface area contributed by atoms with Gasteiger partial charge in [-0.3, -0.25) is 4.79 Å². The molecule has 24 heavy (non-hydrogen) atoms. The van der Waals surface area contributed by atoms with Gasteiger partial charge in [0.15, 0.2) is 5.65 Å². The van der Waals surface area contributed by atoms with Gasteiger partial charge in [-0.15, -0.1) is 0 Å².